The van der Waals surface area contributed by atoms with Crippen molar-refractivity contribution in [1.29, 1.82) is 0 Å². The zero-order chi connectivity index (χ0) is 28.7. The summed E-state index contributed by atoms with van der Waals surface area (Å²) in [4.78, 5) is 46.4. The molecule has 1 aromatic carbocycles. The number of anilines is 1. The van der Waals surface area contributed by atoms with Gasteiger partial charge in [-0.1, -0.05) is 63.8 Å². The van der Waals surface area contributed by atoms with Crippen molar-refractivity contribution in [2.75, 3.05) is 31.5 Å². The van der Waals surface area contributed by atoms with Crippen LogP contribution in [0.2, 0.25) is 0 Å². The van der Waals surface area contributed by atoms with Gasteiger partial charge < -0.3 is 25.2 Å². The van der Waals surface area contributed by atoms with Crippen LogP contribution in [0.15, 0.2) is 36.4 Å². The Hall–Kier alpha value is -2.71. The van der Waals surface area contributed by atoms with E-state index in [9.17, 15) is 14.4 Å². The Morgan fingerprint density at radius 3 is 2.56 bits per heavy atom. The van der Waals surface area contributed by atoms with Gasteiger partial charge in [0.1, 0.15) is 11.6 Å². The second-order valence-electron chi connectivity index (χ2n) is 13.2. The van der Waals surface area contributed by atoms with Crippen LogP contribution in [-0.2, 0) is 19.1 Å². The highest BCUT2D eigenvalue weighted by molar-refractivity contribution is 6.02. The fourth-order valence-corrected chi connectivity index (χ4v) is 8.11. The Kier molecular flexibility index (Phi) is 7.98. The molecule has 4 fully saturated rings. The van der Waals surface area contributed by atoms with Crippen LogP contribution < -0.4 is 10.6 Å². The van der Waals surface area contributed by atoms with Crippen molar-refractivity contribution in [3.63, 3.8) is 0 Å². The highest BCUT2D eigenvalue weighted by atomic mass is 16.5. The maximum Gasteiger partial charge on any atom is 0.246 e. The number of likely N-dealkylation sites (tertiary alicyclic amines) is 2. The second kappa shape index (κ2) is 11.5. The number of amides is 3. The molecule has 0 aromatic heterocycles. The largest absolute Gasteiger partial charge is 0.359 e. The summed E-state index contributed by atoms with van der Waals surface area (Å²) in [6.07, 6.45) is 11.3. The van der Waals surface area contributed by atoms with Crippen molar-refractivity contribution in [2.24, 2.45) is 23.7 Å². The van der Waals surface area contributed by atoms with Gasteiger partial charge in [0.25, 0.3) is 0 Å². The first-order valence-electron chi connectivity index (χ1n) is 15.9. The Balaban J connectivity index is 1.27. The maximum absolute atomic E-state index is 14.3. The van der Waals surface area contributed by atoms with E-state index >= 15 is 0 Å². The number of hydrogen-bond acceptors (Lipinski definition) is 5. The van der Waals surface area contributed by atoms with Crippen LogP contribution in [0.5, 0.6) is 0 Å². The molecule has 3 saturated heterocycles. The molecule has 4 heterocycles. The van der Waals surface area contributed by atoms with E-state index in [0.29, 0.717) is 24.1 Å². The molecule has 4 aliphatic heterocycles. The molecule has 1 aromatic rings. The Morgan fingerprint density at radius 2 is 1.80 bits per heavy atom. The standard InChI is InChI=1S/C33H46N4O4/c1-21-10-8-12-24(20-21)34-30(38)27-26-14-15-33(41-26)28(27)32(40)37(19-18-36-16-6-4-5-7-17-36)29(33)31(39)35-25-13-9-11-22(2)23(25)3/h8,10,12,14-15,20,22-23,25-29H,4-7,9,11,13,16-19H2,1-3H3,(H,34,38)(H,35,39)/t22-,23+,25-,26+,27-,28+,29+,33+/m1/s1. The van der Waals surface area contributed by atoms with Gasteiger partial charge in [-0.2, -0.15) is 0 Å². The molecule has 2 N–H and O–H groups in total. The number of ether oxygens (including phenoxy) is 1. The number of carbonyl (C=O) groups excluding carboxylic acids is 3. The summed E-state index contributed by atoms with van der Waals surface area (Å²) in [5, 5.41) is 6.39. The topological polar surface area (TPSA) is 91.0 Å². The Bertz CT molecular complexity index is 1190. The van der Waals surface area contributed by atoms with Gasteiger partial charge in [-0.3, -0.25) is 14.4 Å². The number of nitrogens with zero attached hydrogens (tertiary/aromatic N) is 2. The minimum atomic E-state index is -1.12. The zero-order valence-electron chi connectivity index (χ0n) is 24.8. The number of fused-ring (bicyclic) bond motifs is 1. The molecule has 41 heavy (non-hydrogen) atoms. The number of benzene rings is 1. The third kappa shape index (κ3) is 5.22. The molecule has 1 spiro atoms. The van der Waals surface area contributed by atoms with Gasteiger partial charge in [0.15, 0.2) is 0 Å². The van der Waals surface area contributed by atoms with E-state index in [1.807, 2.05) is 43.3 Å². The van der Waals surface area contributed by atoms with Crippen LogP contribution in [0.1, 0.15) is 64.4 Å². The molecule has 3 amide bonds. The Labute approximate surface area is 244 Å². The molecule has 1 aliphatic carbocycles. The monoisotopic (exact) mass is 562 g/mol. The minimum absolute atomic E-state index is 0.0762. The molecule has 8 nitrogen and oxygen atoms in total. The first kappa shape index (κ1) is 28.4. The molecular weight excluding hydrogens is 516 g/mol. The summed E-state index contributed by atoms with van der Waals surface area (Å²) in [7, 11) is 0. The molecule has 0 radical (unpaired) electrons. The van der Waals surface area contributed by atoms with Crippen molar-refractivity contribution >= 4 is 23.4 Å². The molecule has 8 heteroatoms. The van der Waals surface area contributed by atoms with E-state index in [4.69, 9.17) is 4.74 Å². The van der Waals surface area contributed by atoms with E-state index in [-0.39, 0.29) is 23.8 Å². The quantitative estimate of drug-likeness (QED) is 0.492. The minimum Gasteiger partial charge on any atom is -0.359 e. The number of nitrogens with one attached hydrogen (secondary N) is 2. The smallest absolute Gasteiger partial charge is 0.246 e. The van der Waals surface area contributed by atoms with Gasteiger partial charge in [0.2, 0.25) is 17.7 Å². The van der Waals surface area contributed by atoms with Crippen LogP contribution in [0.4, 0.5) is 5.69 Å². The summed E-state index contributed by atoms with van der Waals surface area (Å²) in [6.45, 7) is 9.67. The van der Waals surface area contributed by atoms with Gasteiger partial charge in [-0.15, -0.1) is 0 Å². The highest BCUT2D eigenvalue weighted by Gasteiger charge is 2.72. The van der Waals surface area contributed by atoms with Gasteiger partial charge >= 0.3 is 0 Å². The van der Waals surface area contributed by atoms with Crippen LogP contribution in [-0.4, -0.2) is 77.5 Å². The van der Waals surface area contributed by atoms with Crippen molar-refractivity contribution in [2.45, 2.75) is 89.5 Å². The summed E-state index contributed by atoms with van der Waals surface area (Å²) < 4.78 is 6.55. The van der Waals surface area contributed by atoms with Crippen molar-refractivity contribution in [1.82, 2.24) is 15.1 Å². The SMILES string of the molecule is Cc1cccc(NC(=O)[C@@H]2[C@@H]3C=C[C@]4(O3)[C@@H]2C(=O)N(CCN2CCCCCC2)[C@H]4C(=O)N[C@@H]2CCC[C@@H](C)[C@@H]2C)c1. The highest BCUT2D eigenvalue weighted by Crippen LogP contribution is 2.55. The van der Waals surface area contributed by atoms with Crippen molar-refractivity contribution in [3.05, 3.63) is 42.0 Å². The predicted molar refractivity (Wildman–Crippen MR) is 158 cm³/mol. The fraction of sp³-hybridized carbons (Fsp3) is 0.667. The number of carbonyl (C=O) groups is 3. The zero-order valence-corrected chi connectivity index (χ0v) is 24.8. The number of aryl methyl sites for hydroxylation is 1. The average Bonchev–Trinajstić information content (AvgIpc) is 3.49. The van der Waals surface area contributed by atoms with Gasteiger partial charge in [-0.25, -0.2) is 0 Å². The van der Waals surface area contributed by atoms with Crippen LogP contribution >= 0.6 is 0 Å². The van der Waals surface area contributed by atoms with Gasteiger partial charge in [0, 0.05) is 24.8 Å². The molecular formula is C33H46N4O4. The number of rotatable bonds is 7. The first-order valence-corrected chi connectivity index (χ1v) is 15.9. The maximum atomic E-state index is 14.3. The van der Waals surface area contributed by atoms with Gasteiger partial charge in [-0.05, 0) is 68.8 Å². The molecule has 0 unspecified atom stereocenters. The van der Waals surface area contributed by atoms with E-state index < -0.39 is 29.6 Å². The van der Waals surface area contributed by atoms with Crippen molar-refractivity contribution < 1.29 is 19.1 Å². The molecule has 6 rings (SSSR count). The summed E-state index contributed by atoms with van der Waals surface area (Å²) in [5.41, 5.74) is 0.625. The summed E-state index contributed by atoms with van der Waals surface area (Å²) in [6, 6.07) is 6.96. The lowest BCUT2D eigenvalue weighted by molar-refractivity contribution is -0.141. The Morgan fingerprint density at radius 1 is 1.02 bits per heavy atom. The third-order valence-electron chi connectivity index (χ3n) is 10.6. The van der Waals surface area contributed by atoms with Crippen molar-refractivity contribution in [3.8, 4) is 0 Å². The van der Waals surface area contributed by atoms with Crippen LogP contribution in [0.3, 0.4) is 0 Å². The first-order chi connectivity index (χ1) is 19.8. The molecule has 8 atom stereocenters. The lowest BCUT2D eigenvalue weighted by Crippen LogP contribution is -2.58. The third-order valence-corrected chi connectivity index (χ3v) is 10.6. The molecule has 2 bridgehead atoms. The lowest BCUT2D eigenvalue weighted by atomic mass is 9.73. The second-order valence-corrected chi connectivity index (χ2v) is 13.2. The summed E-state index contributed by atoms with van der Waals surface area (Å²) in [5.74, 6) is -1.00. The molecule has 1 saturated carbocycles. The normalized spacial score (nSPS) is 36.7. The van der Waals surface area contributed by atoms with Crippen LogP contribution in [0, 0.1) is 30.6 Å². The fourth-order valence-electron chi connectivity index (χ4n) is 8.11. The lowest BCUT2D eigenvalue weighted by Gasteiger charge is -2.38. The van der Waals surface area contributed by atoms with Crippen LogP contribution in [0.25, 0.3) is 0 Å². The van der Waals surface area contributed by atoms with E-state index in [1.54, 1.807) is 4.90 Å². The van der Waals surface area contributed by atoms with E-state index in [2.05, 4.69) is 29.4 Å². The predicted octanol–water partition coefficient (Wildman–Crippen LogP) is 3.90. The molecule has 222 valence electrons. The number of hydrogen-bond donors (Lipinski definition) is 2. The van der Waals surface area contributed by atoms with E-state index in [1.165, 1.54) is 19.3 Å². The average molecular weight is 563 g/mol. The van der Waals surface area contributed by atoms with E-state index in [0.717, 1.165) is 50.9 Å². The molecule has 5 aliphatic rings. The van der Waals surface area contributed by atoms with Gasteiger partial charge in [0.05, 0.1) is 17.9 Å². The summed E-state index contributed by atoms with van der Waals surface area (Å²) >= 11 is 0.